The first-order valence-corrected chi connectivity index (χ1v) is 6.93. The van der Waals surface area contributed by atoms with Gasteiger partial charge in [0.05, 0.1) is 15.8 Å². The SMILES string of the molecule is Cl[SiH]=[SiH]Cl. The molecule has 0 fully saturated rings. The number of hydrogen-bond donors (Lipinski definition) is 0. The molecule has 0 N–H and O–H groups in total. The van der Waals surface area contributed by atoms with Gasteiger partial charge >= 0.3 is 0 Å². The molecule has 0 bridgehead atoms. The maximum absolute atomic E-state index is 5.17. The minimum absolute atomic E-state index is 0.103. The predicted molar refractivity (Wildman–Crippen MR) is 26.0 cm³/mol. The second-order valence-corrected chi connectivity index (χ2v) is 6.80. The van der Waals surface area contributed by atoms with E-state index in [-0.39, 0.29) is 15.8 Å². The third-order valence-corrected chi connectivity index (χ3v) is 3.86. The minimum atomic E-state index is 0.103. The molecular weight excluding hydrogens is 127 g/mol. The molecular formula is H2Cl2Si2. The topological polar surface area (TPSA) is 0 Å². The largest absolute Gasteiger partial charge is 0.147 e. The molecule has 0 aromatic rings. The van der Waals surface area contributed by atoms with Gasteiger partial charge in [-0.2, -0.15) is 0 Å². The van der Waals surface area contributed by atoms with Crippen LogP contribution in [0.15, 0.2) is 0 Å². The Bertz CT molecular complexity index is 19.2. The van der Waals surface area contributed by atoms with Crippen LogP contribution in [0, 0.1) is 0 Å². The minimum Gasteiger partial charge on any atom is -0.147 e. The lowest BCUT2D eigenvalue weighted by atomic mass is 27.3. The van der Waals surface area contributed by atoms with Gasteiger partial charge in [-0.25, -0.2) is 0 Å². The van der Waals surface area contributed by atoms with Crippen LogP contribution in [0.3, 0.4) is 0 Å². The molecule has 0 unspecified atom stereocenters. The normalized spacial score (nSPS) is 9.50. The molecule has 0 rings (SSSR count). The van der Waals surface area contributed by atoms with E-state index in [1.54, 1.807) is 0 Å². The first kappa shape index (κ1) is 5.01. The van der Waals surface area contributed by atoms with Gasteiger partial charge in [-0.05, 0) is 0 Å². The first-order chi connectivity index (χ1) is 1.91. The molecule has 0 aromatic heterocycles. The smallest absolute Gasteiger partial charge is 0.0996 e. The predicted octanol–water partition coefficient (Wildman–Crippen LogP) is 0.0820. The van der Waals surface area contributed by atoms with Crippen molar-refractivity contribution in [3.63, 3.8) is 0 Å². The highest BCUT2D eigenvalue weighted by Gasteiger charge is 1.44. The molecule has 0 aromatic carbocycles. The highest BCUT2D eigenvalue weighted by molar-refractivity contribution is 7.20. The van der Waals surface area contributed by atoms with E-state index in [1.165, 1.54) is 0 Å². The van der Waals surface area contributed by atoms with Gasteiger partial charge in [0.15, 0.2) is 0 Å². The molecule has 0 spiro atoms. The second kappa shape index (κ2) is 4.01. The summed E-state index contributed by atoms with van der Waals surface area (Å²) in [6.07, 6.45) is 0. The number of hydrogen-bond acceptors (Lipinski definition) is 0. The standard InChI is InChI=1S/Cl2H2Si2/c1-3-4-2/h3-4H. The Balaban J connectivity index is 2.55. The van der Waals surface area contributed by atoms with E-state index in [1.807, 2.05) is 0 Å². The third kappa shape index (κ3) is 3.01. The molecule has 4 heavy (non-hydrogen) atoms. The summed E-state index contributed by atoms with van der Waals surface area (Å²) < 4.78 is 0. The Kier molecular flexibility index (Phi) is 5.03. The summed E-state index contributed by atoms with van der Waals surface area (Å²) in [6.45, 7) is 0. The molecule has 24 valence electrons. The number of rotatable bonds is 0. The van der Waals surface area contributed by atoms with E-state index < -0.39 is 0 Å². The molecule has 0 amide bonds. The summed E-state index contributed by atoms with van der Waals surface area (Å²) in [5.74, 6) is 0. The highest BCUT2D eigenvalue weighted by Crippen LogP contribution is 1.53. The van der Waals surface area contributed by atoms with E-state index in [9.17, 15) is 0 Å². The molecule has 0 aliphatic carbocycles. The van der Waals surface area contributed by atoms with Gasteiger partial charge in [-0.1, -0.05) is 0 Å². The molecule has 0 saturated heterocycles. The van der Waals surface area contributed by atoms with Gasteiger partial charge in [0, 0.05) is 0 Å². The fourth-order valence-electron chi connectivity index (χ4n) is 0. The van der Waals surface area contributed by atoms with Gasteiger partial charge < -0.3 is 0 Å². The molecule has 0 aliphatic rings. The van der Waals surface area contributed by atoms with Gasteiger partial charge in [-0.3, -0.25) is 0 Å². The molecule has 0 radical (unpaired) electrons. The lowest BCUT2D eigenvalue weighted by molar-refractivity contribution is 4.37. The Labute approximate surface area is 38.5 Å². The van der Waals surface area contributed by atoms with Crippen LogP contribution >= 0.6 is 22.2 Å². The van der Waals surface area contributed by atoms with Gasteiger partial charge in [0.25, 0.3) is 0 Å². The number of halogens is 2. The maximum Gasteiger partial charge on any atom is 0.0996 e. The van der Waals surface area contributed by atoms with E-state index in [2.05, 4.69) is 0 Å². The average Bonchev–Trinajstić information content (AvgIpc) is 1.37. The van der Waals surface area contributed by atoms with Crippen molar-refractivity contribution < 1.29 is 0 Å². The van der Waals surface area contributed by atoms with Crippen molar-refractivity contribution in [3.8, 4) is 0 Å². The van der Waals surface area contributed by atoms with Crippen molar-refractivity contribution in [3.05, 3.63) is 0 Å². The van der Waals surface area contributed by atoms with Crippen LogP contribution in [0.4, 0.5) is 0 Å². The quantitative estimate of drug-likeness (QED) is 0.321. The summed E-state index contributed by atoms with van der Waals surface area (Å²) >= 11 is 10.3. The van der Waals surface area contributed by atoms with Crippen molar-refractivity contribution in [1.82, 2.24) is 0 Å². The molecule has 0 aliphatic heterocycles. The average molecular weight is 129 g/mol. The van der Waals surface area contributed by atoms with Crippen LogP contribution in [0.25, 0.3) is 0 Å². The fraction of sp³-hybridized carbons (Fsp3) is 0. The summed E-state index contributed by atoms with van der Waals surface area (Å²) in [5, 5.41) is 0. The van der Waals surface area contributed by atoms with Gasteiger partial charge in [0.2, 0.25) is 0 Å². The summed E-state index contributed by atoms with van der Waals surface area (Å²) in [4.78, 5) is 0. The van der Waals surface area contributed by atoms with Crippen LogP contribution < -0.4 is 0 Å². The van der Waals surface area contributed by atoms with Crippen molar-refractivity contribution in [1.29, 1.82) is 0 Å². The second-order valence-electron chi connectivity index (χ2n) is 0.252. The fourth-order valence-corrected chi connectivity index (χ4v) is 0. The van der Waals surface area contributed by atoms with Crippen molar-refractivity contribution in [2.45, 2.75) is 0 Å². The molecule has 0 saturated carbocycles. The van der Waals surface area contributed by atoms with Crippen LogP contribution in [-0.2, 0) is 0 Å². The summed E-state index contributed by atoms with van der Waals surface area (Å²) in [5.41, 5.74) is 0. The van der Waals surface area contributed by atoms with E-state index >= 15 is 0 Å². The zero-order chi connectivity index (χ0) is 3.41. The zero-order valence-corrected chi connectivity index (χ0v) is 5.73. The van der Waals surface area contributed by atoms with E-state index in [0.717, 1.165) is 0 Å². The van der Waals surface area contributed by atoms with E-state index in [0.29, 0.717) is 0 Å². The van der Waals surface area contributed by atoms with Crippen LogP contribution in [0.1, 0.15) is 0 Å². The lowest BCUT2D eigenvalue weighted by Gasteiger charge is -1.40. The Hall–Kier alpha value is 1.01. The lowest BCUT2D eigenvalue weighted by Crippen LogP contribution is -1.54. The van der Waals surface area contributed by atoms with Gasteiger partial charge in [0.1, 0.15) is 0 Å². The molecule has 0 heterocycles. The van der Waals surface area contributed by atoms with Gasteiger partial charge in [-0.15, -0.1) is 22.2 Å². The van der Waals surface area contributed by atoms with Crippen molar-refractivity contribution in [2.75, 3.05) is 0 Å². The summed E-state index contributed by atoms with van der Waals surface area (Å²) in [6, 6.07) is 0. The monoisotopic (exact) mass is 128 g/mol. The van der Waals surface area contributed by atoms with Crippen LogP contribution in [0.5, 0.6) is 0 Å². The Morgan fingerprint density at radius 2 is 1.25 bits per heavy atom. The first-order valence-electron chi connectivity index (χ1n) is 0.770. The van der Waals surface area contributed by atoms with Crippen molar-refractivity contribution >= 4 is 38.0 Å². The van der Waals surface area contributed by atoms with Crippen molar-refractivity contribution in [2.24, 2.45) is 0 Å². The molecule has 0 nitrogen and oxygen atoms in total. The Morgan fingerprint density at radius 3 is 1.25 bits per heavy atom. The highest BCUT2D eigenvalue weighted by atomic mass is 35.6. The Morgan fingerprint density at radius 1 is 1.00 bits per heavy atom. The zero-order valence-electron chi connectivity index (χ0n) is 1.91. The van der Waals surface area contributed by atoms with Crippen LogP contribution in [-0.4, -0.2) is 15.8 Å². The maximum atomic E-state index is 5.17. The third-order valence-electron chi connectivity index (χ3n) is 0.0476. The molecule has 4 heteroatoms. The van der Waals surface area contributed by atoms with Crippen LogP contribution in [0.2, 0.25) is 0 Å². The molecule has 0 atom stereocenters. The summed E-state index contributed by atoms with van der Waals surface area (Å²) in [7, 11) is 0.207. The van der Waals surface area contributed by atoms with E-state index in [4.69, 9.17) is 22.2 Å².